The molecule has 0 amide bonds. The summed E-state index contributed by atoms with van der Waals surface area (Å²) in [7, 11) is 0. The lowest BCUT2D eigenvalue weighted by Gasteiger charge is -2.39. The number of aryl methyl sites for hydroxylation is 1. The molecular formula is C25H27FN2. The molecule has 0 radical (unpaired) electrons. The van der Waals surface area contributed by atoms with E-state index in [4.69, 9.17) is 0 Å². The number of piperidine rings is 1. The van der Waals surface area contributed by atoms with Gasteiger partial charge in [-0.25, -0.2) is 4.39 Å². The minimum absolute atomic E-state index is 0.187. The molecule has 2 nitrogen and oxygen atoms in total. The highest BCUT2D eigenvalue weighted by Gasteiger charge is 2.33. The Kier molecular flexibility index (Phi) is 4.36. The van der Waals surface area contributed by atoms with E-state index in [0.29, 0.717) is 6.04 Å². The van der Waals surface area contributed by atoms with E-state index in [2.05, 4.69) is 47.7 Å². The molecule has 2 aliphatic rings. The molecule has 1 saturated heterocycles. The highest BCUT2D eigenvalue weighted by molar-refractivity contribution is 5.91. The fraction of sp³-hybridized carbons (Fsp3) is 0.360. The van der Waals surface area contributed by atoms with E-state index < -0.39 is 0 Å². The molecule has 2 aliphatic heterocycles. The van der Waals surface area contributed by atoms with Gasteiger partial charge in [-0.1, -0.05) is 30.2 Å². The SMILES string of the molecule is C/C(=C\n1c2c(c3cc(C)ccc31)C1CCCCN1CC2)c1ccc(F)cc1. The van der Waals surface area contributed by atoms with Crippen molar-refractivity contribution in [2.45, 2.75) is 45.6 Å². The molecule has 0 N–H and O–H groups in total. The lowest BCUT2D eigenvalue weighted by Crippen LogP contribution is -2.38. The van der Waals surface area contributed by atoms with Crippen LogP contribution < -0.4 is 0 Å². The number of hydrogen-bond donors (Lipinski definition) is 0. The monoisotopic (exact) mass is 374 g/mol. The Morgan fingerprint density at radius 1 is 1.07 bits per heavy atom. The van der Waals surface area contributed by atoms with Crippen LogP contribution in [-0.2, 0) is 6.42 Å². The molecule has 144 valence electrons. The topological polar surface area (TPSA) is 8.17 Å². The second kappa shape index (κ2) is 6.89. The van der Waals surface area contributed by atoms with Gasteiger partial charge in [0.2, 0.25) is 0 Å². The predicted octanol–water partition coefficient (Wildman–Crippen LogP) is 6.19. The number of fused-ring (bicyclic) bond motifs is 5. The summed E-state index contributed by atoms with van der Waals surface area (Å²) in [6.07, 6.45) is 7.26. The molecule has 3 heteroatoms. The van der Waals surface area contributed by atoms with Crippen molar-refractivity contribution in [1.82, 2.24) is 9.47 Å². The number of hydrogen-bond acceptors (Lipinski definition) is 1. The number of benzene rings is 2. The largest absolute Gasteiger partial charge is 0.320 e. The maximum absolute atomic E-state index is 13.3. The molecule has 1 fully saturated rings. The van der Waals surface area contributed by atoms with Gasteiger partial charge in [0.25, 0.3) is 0 Å². The minimum Gasteiger partial charge on any atom is -0.320 e. The van der Waals surface area contributed by atoms with Gasteiger partial charge in [-0.05, 0) is 74.2 Å². The first-order valence-electron chi connectivity index (χ1n) is 10.4. The van der Waals surface area contributed by atoms with Gasteiger partial charge in [0.05, 0.1) is 5.52 Å². The van der Waals surface area contributed by atoms with Crippen molar-refractivity contribution < 1.29 is 4.39 Å². The second-order valence-electron chi connectivity index (χ2n) is 8.37. The summed E-state index contributed by atoms with van der Waals surface area (Å²) in [6, 6.07) is 14.2. The first kappa shape index (κ1) is 17.7. The van der Waals surface area contributed by atoms with Gasteiger partial charge >= 0.3 is 0 Å². The molecule has 0 saturated carbocycles. The van der Waals surface area contributed by atoms with Crippen LogP contribution in [0.3, 0.4) is 0 Å². The molecule has 3 heterocycles. The Balaban J connectivity index is 1.69. The molecular weight excluding hydrogens is 347 g/mol. The zero-order valence-electron chi connectivity index (χ0n) is 16.7. The third-order valence-electron chi connectivity index (χ3n) is 6.51. The van der Waals surface area contributed by atoms with Crippen molar-refractivity contribution in [2.75, 3.05) is 13.1 Å². The normalized spacial score (nSPS) is 20.2. The molecule has 1 atom stereocenters. The van der Waals surface area contributed by atoms with E-state index in [-0.39, 0.29) is 5.82 Å². The average Bonchev–Trinajstić information content (AvgIpc) is 3.01. The van der Waals surface area contributed by atoms with E-state index >= 15 is 0 Å². The fourth-order valence-corrected chi connectivity index (χ4v) is 5.10. The third kappa shape index (κ3) is 2.89. The number of halogens is 1. The Bertz CT molecular complexity index is 1060. The van der Waals surface area contributed by atoms with Crippen LogP contribution in [0.1, 0.15) is 54.6 Å². The van der Waals surface area contributed by atoms with Crippen LogP contribution in [0.15, 0.2) is 42.5 Å². The first-order valence-corrected chi connectivity index (χ1v) is 10.4. The Morgan fingerprint density at radius 2 is 1.89 bits per heavy atom. The summed E-state index contributed by atoms with van der Waals surface area (Å²) in [4.78, 5) is 2.69. The third-order valence-corrected chi connectivity index (χ3v) is 6.51. The van der Waals surface area contributed by atoms with E-state index in [9.17, 15) is 4.39 Å². The summed E-state index contributed by atoms with van der Waals surface area (Å²) in [5.74, 6) is -0.187. The summed E-state index contributed by atoms with van der Waals surface area (Å²) >= 11 is 0. The van der Waals surface area contributed by atoms with Crippen LogP contribution >= 0.6 is 0 Å². The molecule has 2 aromatic carbocycles. The summed E-state index contributed by atoms with van der Waals surface area (Å²) < 4.78 is 15.7. The Labute approximate surface area is 166 Å². The average molecular weight is 375 g/mol. The van der Waals surface area contributed by atoms with E-state index in [1.807, 2.05) is 12.1 Å². The maximum Gasteiger partial charge on any atom is 0.123 e. The smallest absolute Gasteiger partial charge is 0.123 e. The number of aromatic nitrogens is 1. The molecule has 1 unspecified atom stereocenters. The molecule has 0 aliphatic carbocycles. The van der Waals surface area contributed by atoms with Crippen LogP contribution in [0.2, 0.25) is 0 Å². The van der Waals surface area contributed by atoms with Crippen LogP contribution in [0.4, 0.5) is 4.39 Å². The second-order valence-corrected chi connectivity index (χ2v) is 8.37. The van der Waals surface area contributed by atoms with Crippen molar-refractivity contribution in [3.05, 3.63) is 70.7 Å². The Morgan fingerprint density at radius 3 is 2.71 bits per heavy atom. The van der Waals surface area contributed by atoms with Crippen molar-refractivity contribution >= 4 is 22.7 Å². The van der Waals surface area contributed by atoms with E-state index in [0.717, 1.165) is 24.1 Å². The van der Waals surface area contributed by atoms with Crippen molar-refractivity contribution in [2.24, 2.45) is 0 Å². The highest BCUT2D eigenvalue weighted by atomic mass is 19.1. The summed E-state index contributed by atoms with van der Waals surface area (Å²) in [5, 5.41) is 1.41. The van der Waals surface area contributed by atoms with Gasteiger partial charge in [-0.15, -0.1) is 0 Å². The lowest BCUT2D eigenvalue weighted by atomic mass is 9.89. The lowest BCUT2D eigenvalue weighted by molar-refractivity contribution is 0.139. The van der Waals surface area contributed by atoms with Crippen molar-refractivity contribution in [3.8, 4) is 0 Å². The molecule has 5 rings (SSSR count). The van der Waals surface area contributed by atoms with Gasteiger partial charge < -0.3 is 4.57 Å². The van der Waals surface area contributed by atoms with Crippen LogP contribution in [0.25, 0.3) is 22.7 Å². The zero-order chi connectivity index (χ0) is 19.3. The van der Waals surface area contributed by atoms with Gasteiger partial charge in [0.15, 0.2) is 0 Å². The number of nitrogens with zero attached hydrogens (tertiary/aromatic N) is 2. The van der Waals surface area contributed by atoms with Gasteiger partial charge in [-0.2, -0.15) is 0 Å². The summed E-state index contributed by atoms with van der Waals surface area (Å²) in [6.45, 7) is 6.68. The molecule has 1 aromatic heterocycles. The van der Waals surface area contributed by atoms with Crippen molar-refractivity contribution in [3.63, 3.8) is 0 Å². The zero-order valence-corrected chi connectivity index (χ0v) is 16.7. The molecule has 0 bridgehead atoms. The molecule has 3 aromatic rings. The highest BCUT2D eigenvalue weighted by Crippen LogP contribution is 2.42. The number of allylic oxidation sites excluding steroid dienone is 1. The van der Waals surface area contributed by atoms with Gasteiger partial charge in [-0.3, -0.25) is 4.90 Å². The quantitative estimate of drug-likeness (QED) is 0.519. The molecule has 28 heavy (non-hydrogen) atoms. The summed E-state index contributed by atoms with van der Waals surface area (Å²) in [5.41, 5.74) is 7.85. The van der Waals surface area contributed by atoms with Crippen LogP contribution in [0, 0.1) is 12.7 Å². The van der Waals surface area contributed by atoms with E-state index in [1.165, 1.54) is 48.0 Å². The van der Waals surface area contributed by atoms with E-state index in [1.54, 1.807) is 17.7 Å². The van der Waals surface area contributed by atoms with Gasteiger partial charge in [0.1, 0.15) is 5.82 Å². The first-order chi connectivity index (χ1) is 13.6. The standard InChI is InChI=1S/C25H27FN2/c1-17-6-11-22-21(15-17)25-23-5-3-4-13-27(23)14-12-24(25)28(22)16-18(2)19-7-9-20(26)10-8-19/h6-11,15-16,23H,3-5,12-14H2,1-2H3/b18-16+. The van der Waals surface area contributed by atoms with Crippen molar-refractivity contribution in [1.29, 1.82) is 0 Å². The Hall–Kier alpha value is -2.39. The minimum atomic E-state index is -0.187. The van der Waals surface area contributed by atoms with Gasteiger partial charge in [0, 0.05) is 36.3 Å². The molecule has 0 spiro atoms. The fourth-order valence-electron chi connectivity index (χ4n) is 5.10. The predicted molar refractivity (Wildman–Crippen MR) is 115 cm³/mol. The van der Waals surface area contributed by atoms with Crippen LogP contribution in [-0.4, -0.2) is 22.6 Å². The van der Waals surface area contributed by atoms with Crippen LogP contribution in [0.5, 0.6) is 0 Å². The number of rotatable bonds is 2. The maximum atomic E-state index is 13.3.